The maximum absolute atomic E-state index is 10.8. The van der Waals surface area contributed by atoms with E-state index in [1.165, 1.54) is 0 Å². The average Bonchev–Trinajstić information content (AvgIpc) is 2.03. The monoisotopic (exact) mass is 247 g/mol. The van der Waals surface area contributed by atoms with Crippen LogP contribution in [0, 0.1) is 0 Å². The zero-order valence-corrected chi connectivity index (χ0v) is 13.9. The number of hydrogen-bond donors (Lipinski definition) is 1. The standard InChI is InChI=1S/C8H13NO3S.2Na/c1-2-5-9-6(8(12)13)3-4-7(10)11;;/h2,6,9H,1,3-5H2,(H,10,11)(H,12,13);;/q;2*+1/p-2/t6-;;/m0../s1. The van der Waals surface area contributed by atoms with Gasteiger partial charge in [-0.2, -0.15) is 0 Å². The first-order chi connectivity index (χ1) is 6.07. The van der Waals surface area contributed by atoms with Gasteiger partial charge < -0.3 is 32.6 Å². The van der Waals surface area contributed by atoms with E-state index in [0.717, 1.165) is 0 Å². The molecule has 0 spiro atoms. The maximum atomic E-state index is 10.8. The summed E-state index contributed by atoms with van der Waals surface area (Å²) in [5.74, 6) is -1.18. The van der Waals surface area contributed by atoms with Gasteiger partial charge in [0, 0.05) is 23.7 Å². The van der Waals surface area contributed by atoms with Gasteiger partial charge in [-0.3, -0.25) is 0 Å². The van der Waals surface area contributed by atoms with Crippen LogP contribution >= 0.6 is 0 Å². The molecule has 7 heteroatoms. The Labute approximate surface area is 139 Å². The Morgan fingerprint density at radius 1 is 1.47 bits per heavy atom. The molecule has 15 heavy (non-hydrogen) atoms. The van der Waals surface area contributed by atoms with Crippen molar-refractivity contribution in [2.45, 2.75) is 18.9 Å². The van der Waals surface area contributed by atoms with Crippen molar-refractivity contribution in [3.05, 3.63) is 12.7 Å². The first kappa shape index (κ1) is 21.4. The largest absolute Gasteiger partial charge is 1.00 e. The van der Waals surface area contributed by atoms with Gasteiger partial charge in [0.25, 0.3) is 0 Å². The zero-order chi connectivity index (χ0) is 10.3. The topological polar surface area (TPSA) is 69.2 Å². The molecular weight excluding hydrogens is 236 g/mol. The molecule has 0 rings (SSSR count). The van der Waals surface area contributed by atoms with Crippen LogP contribution in [0.4, 0.5) is 0 Å². The van der Waals surface area contributed by atoms with E-state index in [2.05, 4.69) is 24.5 Å². The van der Waals surface area contributed by atoms with Gasteiger partial charge >= 0.3 is 59.1 Å². The summed E-state index contributed by atoms with van der Waals surface area (Å²) in [4.78, 5) is 20.9. The van der Waals surface area contributed by atoms with Crippen molar-refractivity contribution in [1.29, 1.82) is 0 Å². The predicted molar refractivity (Wildman–Crippen MR) is 48.6 cm³/mol. The number of carboxylic acids is 1. The van der Waals surface area contributed by atoms with E-state index in [1.54, 1.807) is 6.08 Å². The van der Waals surface area contributed by atoms with Crippen LogP contribution in [-0.4, -0.2) is 23.7 Å². The molecule has 74 valence electrons. The number of nitrogens with one attached hydrogen (secondary N) is 1. The second-order valence-electron chi connectivity index (χ2n) is 2.48. The van der Waals surface area contributed by atoms with Crippen molar-refractivity contribution in [3.8, 4) is 0 Å². The third-order valence-corrected chi connectivity index (χ3v) is 1.71. The van der Waals surface area contributed by atoms with E-state index in [-0.39, 0.29) is 72.0 Å². The molecular formula is C8H11NNa2O3S. The van der Waals surface area contributed by atoms with E-state index in [1.807, 2.05) is 0 Å². The Bertz CT molecular complexity index is 214. The molecule has 4 nitrogen and oxygen atoms in total. The van der Waals surface area contributed by atoms with Crippen LogP contribution < -0.4 is 69.5 Å². The van der Waals surface area contributed by atoms with E-state index in [4.69, 9.17) is 0 Å². The fraction of sp³-hybridized carbons (Fsp3) is 0.500. The molecule has 0 amide bonds. The fourth-order valence-electron chi connectivity index (χ4n) is 0.791. The minimum atomic E-state index is -1.18. The second kappa shape index (κ2) is 13.1. The molecule has 0 aliphatic rings. The number of carbonyl (C=O) groups excluding carboxylic acids is 2. The Morgan fingerprint density at radius 3 is 2.33 bits per heavy atom. The quantitative estimate of drug-likeness (QED) is 0.275. The number of carbonyl (C=O) groups is 2. The third-order valence-electron chi connectivity index (χ3n) is 1.43. The van der Waals surface area contributed by atoms with Gasteiger partial charge in [0.15, 0.2) is 0 Å². The molecule has 0 aliphatic carbocycles. The van der Waals surface area contributed by atoms with Gasteiger partial charge in [-0.25, -0.2) is 0 Å². The normalized spacial score (nSPS) is 10.4. The molecule has 0 radical (unpaired) electrons. The SMILES string of the molecule is C=CCN[C@@H](CCC(=O)[O-])C(=O)[S-].[Na+].[Na+]. The van der Waals surface area contributed by atoms with Gasteiger partial charge in [-0.15, -0.1) is 6.58 Å². The molecule has 0 aromatic carbocycles. The fourth-order valence-corrected chi connectivity index (χ4v) is 0.992. The molecule has 1 N–H and O–H groups in total. The second-order valence-corrected chi connectivity index (χ2v) is 2.88. The number of aliphatic carboxylic acids is 1. The van der Waals surface area contributed by atoms with Crippen molar-refractivity contribution in [2.24, 2.45) is 0 Å². The summed E-state index contributed by atoms with van der Waals surface area (Å²) >= 11 is 4.42. The summed E-state index contributed by atoms with van der Waals surface area (Å²) in [7, 11) is 0. The average molecular weight is 247 g/mol. The molecule has 0 fully saturated rings. The van der Waals surface area contributed by atoms with Crippen LogP contribution in [0.15, 0.2) is 12.7 Å². The summed E-state index contributed by atoms with van der Waals surface area (Å²) < 4.78 is 0. The van der Waals surface area contributed by atoms with Gasteiger partial charge in [-0.05, 0) is 12.8 Å². The van der Waals surface area contributed by atoms with Gasteiger partial charge in [-0.1, -0.05) is 6.08 Å². The van der Waals surface area contributed by atoms with Crippen LogP contribution in [0.3, 0.4) is 0 Å². The van der Waals surface area contributed by atoms with Crippen molar-refractivity contribution >= 4 is 23.7 Å². The zero-order valence-electron chi connectivity index (χ0n) is 9.12. The number of carboxylic acid groups (broad SMARTS) is 1. The molecule has 0 aromatic heterocycles. The van der Waals surface area contributed by atoms with Gasteiger partial charge in [0.1, 0.15) is 0 Å². The summed E-state index contributed by atoms with van der Waals surface area (Å²) in [6.45, 7) is 3.88. The van der Waals surface area contributed by atoms with Crippen molar-refractivity contribution in [3.63, 3.8) is 0 Å². The van der Waals surface area contributed by atoms with Crippen molar-refractivity contribution in [1.82, 2.24) is 5.32 Å². The predicted octanol–water partition coefficient (Wildman–Crippen LogP) is -7.26. The summed E-state index contributed by atoms with van der Waals surface area (Å²) in [5.41, 5.74) is 0. The molecule has 0 saturated carbocycles. The van der Waals surface area contributed by atoms with Crippen LogP contribution in [-0.2, 0) is 22.2 Å². The number of hydrogen-bond acceptors (Lipinski definition) is 5. The summed E-state index contributed by atoms with van der Waals surface area (Å²) in [5, 5.41) is 12.4. The molecule has 1 atom stereocenters. The first-order valence-corrected chi connectivity index (χ1v) is 4.23. The Morgan fingerprint density at radius 2 is 2.00 bits per heavy atom. The maximum Gasteiger partial charge on any atom is 1.00 e. The minimum absolute atomic E-state index is 0. The molecule has 0 bridgehead atoms. The Kier molecular flexibility index (Phi) is 18.7. The molecule has 0 aliphatic heterocycles. The minimum Gasteiger partial charge on any atom is -0.740 e. The van der Waals surface area contributed by atoms with Crippen LogP contribution in [0.5, 0.6) is 0 Å². The van der Waals surface area contributed by atoms with E-state index < -0.39 is 17.1 Å². The summed E-state index contributed by atoms with van der Waals surface area (Å²) in [6.07, 6.45) is 1.57. The molecule has 0 unspecified atom stereocenters. The van der Waals surface area contributed by atoms with Crippen LogP contribution in [0.1, 0.15) is 12.8 Å². The van der Waals surface area contributed by atoms with Crippen LogP contribution in [0.25, 0.3) is 0 Å². The van der Waals surface area contributed by atoms with Crippen molar-refractivity contribution in [2.75, 3.05) is 6.54 Å². The van der Waals surface area contributed by atoms with Crippen molar-refractivity contribution < 1.29 is 73.8 Å². The van der Waals surface area contributed by atoms with E-state index in [9.17, 15) is 14.7 Å². The first-order valence-electron chi connectivity index (χ1n) is 3.83. The molecule has 0 heterocycles. The molecule has 0 saturated heterocycles. The third kappa shape index (κ3) is 13.0. The Hall–Kier alpha value is 1.06. The van der Waals surface area contributed by atoms with Gasteiger partial charge in [0.2, 0.25) is 0 Å². The van der Waals surface area contributed by atoms with E-state index >= 15 is 0 Å². The van der Waals surface area contributed by atoms with Crippen LogP contribution in [0.2, 0.25) is 0 Å². The molecule has 0 aromatic rings. The van der Waals surface area contributed by atoms with Gasteiger partial charge in [0.05, 0.1) is 0 Å². The summed E-state index contributed by atoms with van der Waals surface area (Å²) in [6, 6.07) is -0.592. The Balaban J connectivity index is -0.000000720. The van der Waals surface area contributed by atoms with E-state index in [0.29, 0.717) is 6.54 Å². The number of rotatable bonds is 7. The smallest absolute Gasteiger partial charge is 0.740 e.